The molecule has 7 heteroatoms. The van der Waals surface area contributed by atoms with E-state index < -0.39 is 27.2 Å². The second-order valence-corrected chi connectivity index (χ2v) is 6.13. The number of ketones is 1. The number of carbonyl (C=O) groups excluding carboxylic acids is 1. The van der Waals surface area contributed by atoms with Gasteiger partial charge in [-0.15, -0.1) is 0 Å². The van der Waals surface area contributed by atoms with Gasteiger partial charge in [0.15, 0.2) is 15.6 Å². The van der Waals surface area contributed by atoms with E-state index in [0.29, 0.717) is 0 Å². The highest BCUT2D eigenvalue weighted by molar-refractivity contribution is 7.92. The van der Waals surface area contributed by atoms with Gasteiger partial charge in [-0.1, -0.05) is 11.6 Å². The van der Waals surface area contributed by atoms with E-state index in [1.807, 2.05) is 0 Å². The van der Waals surface area contributed by atoms with Crippen LogP contribution in [-0.4, -0.2) is 20.0 Å². The fourth-order valence-corrected chi connectivity index (χ4v) is 2.91. The minimum Gasteiger partial charge on any atom is -0.461 e. The molecule has 0 amide bonds. The van der Waals surface area contributed by atoms with Crippen LogP contribution in [0.3, 0.4) is 0 Å². The number of furan rings is 1. The van der Waals surface area contributed by atoms with Crippen molar-refractivity contribution in [3.8, 4) is 0 Å². The normalized spacial score (nSPS) is 11.5. The molecule has 0 saturated heterocycles. The van der Waals surface area contributed by atoms with Crippen LogP contribution in [0.5, 0.6) is 0 Å². The third-order valence-electron chi connectivity index (χ3n) is 2.37. The minimum absolute atomic E-state index is 0.0446. The van der Waals surface area contributed by atoms with E-state index in [4.69, 9.17) is 16.0 Å². The Bertz CT molecular complexity index is 707. The number of halogens is 2. The number of hydrogen-bond donors (Lipinski definition) is 0. The van der Waals surface area contributed by atoms with Crippen LogP contribution < -0.4 is 0 Å². The van der Waals surface area contributed by atoms with Crippen molar-refractivity contribution >= 4 is 27.2 Å². The summed E-state index contributed by atoms with van der Waals surface area (Å²) < 4.78 is 41.7. The van der Waals surface area contributed by atoms with Crippen LogP contribution in [0.4, 0.5) is 4.39 Å². The smallest absolute Gasteiger partial charge is 0.213 e. The Morgan fingerprint density at radius 3 is 2.63 bits per heavy atom. The number of benzene rings is 1. The van der Waals surface area contributed by atoms with Crippen molar-refractivity contribution in [1.29, 1.82) is 0 Å². The molecule has 4 nitrogen and oxygen atoms in total. The summed E-state index contributed by atoms with van der Waals surface area (Å²) in [5, 5.41) is -0.313. The molecule has 0 fully saturated rings. The Hall–Kier alpha value is -1.66. The molecule has 0 aliphatic carbocycles. The van der Waals surface area contributed by atoms with Crippen molar-refractivity contribution in [3.63, 3.8) is 0 Å². The lowest BCUT2D eigenvalue weighted by atomic mass is 10.3. The molecule has 0 bridgehead atoms. The van der Waals surface area contributed by atoms with Gasteiger partial charge < -0.3 is 4.42 Å². The predicted octanol–water partition coefficient (Wildman–Crippen LogP) is 2.73. The van der Waals surface area contributed by atoms with Crippen LogP contribution >= 0.6 is 11.6 Å². The number of hydrogen-bond acceptors (Lipinski definition) is 4. The average Bonchev–Trinajstić information content (AvgIpc) is 2.85. The maximum atomic E-state index is 13.0. The van der Waals surface area contributed by atoms with Gasteiger partial charge >= 0.3 is 0 Å². The van der Waals surface area contributed by atoms with Crippen molar-refractivity contribution in [1.82, 2.24) is 0 Å². The first-order valence-corrected chi connectivity index (χ1v) is 7.18. The zero-order valence-corrected chi connectivity index (χ0v) is 11.0. The Balaban J connectivity index is 2.28. The fourth-order valence-electron chi connectivity index (χ4n) is 1.43. The SMILES string of the molecule is O=C(CS(=O)(=O)c1ccc(F)c(Cl)c1)c1ccco1. The minimum atomic E-state index is -3.89. The molecule has 0 atom stereocenters. The number of sulfone groups is 1. The number of Topliss-reactive ketones (excluding diaryl/α,β-unsaturated/α-hetero) is 1. The van der Waals surface area contributed by atoms with Crippen LogP contribution in [0.15, 0.2) is 45.9 Å². The third-order valence-corrected chi connectivity index (χ3v) is 4.27. The highest BCUT2D eigenvalue weighted by Crippen LogP contribution is 2.21. The Labute approximate surface area is 113 Å². The largest absolute Gasteiger partial charge is 0.461 e. The van der Waals surface area contributed by atoms with E-state index in [0.717, 1.165) is 18.2 Å². The van der Waals surface area contributed by atoms with Crippen LogP contribution in [0.25, 0.3) is 0 Å². The molecule has 0 saturated carbocycles. The molecule has 0 aliphatic heterocycles. The molecule has 100 valence electrons. The fraction of sp³-hybridized carbons (Fsp3) is 0.0833. The summed E-state index contributed by atoms with van der Waals surface area (Å²) >= 11 is 5.51. The maximum absolute atomic E-state index is 13.0. The molecule has 0 radical (unpaired) electrons. The van der Waals surface area contributed by atoms with Gasteiger partial charge in [0.05, 0.1) is 16.2 Å². The molecule has 0 N–H and O–H groups in total. The zero-order chi connectivity index (χ0) is 14.0. The lowest BCUT2D eigenvalue weighted by Crippen LogP contribution is -2.16. The van der Waals surface area contributed by atoms with E-state index in [1.165, 1.54) is 18.4 Å². The molecule has 1 aromatic carbocycles. The predicted molar refractivity (Wildman–Crippen MR) is 66.5 cm³/mol. The first kappa shape index (κ1) is 13.8. The molecule has 2 aromatic rings. The number of carbonyl (C=O) groups is 1. The van der Waals surface area contributed by atoms with Gasteiger partial charge in [-0.3, -0.25) is 4.79 Å². The molecule has 0 spiro atoms. The molecule has 1 heterocycles. The molecule has 2 rings (SSSR count). The highest BCUT2D eigenvalue weighted by Gasteiger charge is 2.22. The van der Waals surface area contributed by atoms with Crippen LogP contribution in [-0.2, 0) is 9.84 Å². The summed E-state index contributed by atoms with van der Waals surface area (Å²) in [6.07, 6.45) is 1.27. The maximum Gasteiger partial charge on any atom is 0.213 e. The summed E-state index contributed by atoms with van der Waals surface area (Å²) in [4.78, 5) is 11.5. The first-order valence-electron chi connectivity index (χ1n) is 5.14. The van der Waals surface area contributed by atoms with Crippen molar-refractivity contribution in [2.75, 3.05) is 5.75 Å². The van der Waals surface area contributed by atoms with E-state index >= 15 is 0 Å². The van der Waals surface area contributed by atoms with Gasteiger partial charge in [-0.2, -0.15) is 0 Å². The van der Waals surface area contributed by atoms with Gasteiger partial charge in [0.25, 0.3) is 0 Å². The highest BCUT2D eigenvalue weighted by atomic mass is 35.5. The standard InChI is InChI=1S/C12H8ClFO4S/c13-9-6-8(3-4-10(9)14)19(16,17)7-11(15)12-2-1-5-18-12/h1-6H,7H2. The summed E-state index contributed by atoms with van der Waals surface area (Å²) in [5.74, 6) is -2.21. The van der Waals surface area contributed by atoms with Gasteiger partial charge in [0, 0.05) is 0 Å². The van der Waals surface area contributed by atoms with Gasteiger partial charge in [0.1, 0.15) is 11.6 Å². The van der Waals surface area contributed by atoms with Crippen LogP contribution in [0.2, 0.25) is 5.02 Å². The van der Waals surface area contributed by atoms with Gasteiger partial charge in [0.2, 0.25) is 5.78 Å². The first-order chi connectivity index (χ1) is 8.90. The van der Waals surface area contributed by atoms with E-state index in [9.17, 15) is 17.6 Å². The molecule has 0 unspecified atom stereocenters. The Morgan fingerprint density at radius 2 is 2.05 bits per heavy atom. The van der Waals surface area contributed by atoms with Crippen LogP contribution in [0, 0.1) is 5.82 Å². The second-order valence-electron chi connectivity index (χ2n) is 3.74. The molecular weight excluding hydrogens is 295 g/mol. The molecular formula is C12H8ClFO4S. The van der Waals surface area contributed by atoms with Crippen molar-refractivity contribution < 1.29 is 22.0 Å². The summed E-state index contributed by atoms with van der Waals surface area (Å²) in [6, 6.07) is 5.82. The molecule has 0 aliphatic rings. The molecule has 1 aromatic heterocycles. The van der Waals surface area contributed by atoms with Gasteiger partial charge in [-0.25, -0.2) is 12.8 Å². The molecule has 19 heavy (non-hydrogen) atoms. The van der Waals surface area contributed by atoms with Crippen molar-refractivity contribution in [3.05, 3.63) is 53.2 Å². The Morgan fingerprint density at radius 1 is 1.32 bits per heavy atom. The quantitative estimate of drug-likeness (QED) is 0.643. The number of rotatable bonds is 4. The average molecular weight is 303 g/mol. The van der Waals surface area contributed by atoms with Crippen LogP contribution in [0.1, 0.15) is 10.6 Å². The summed E-state index contributed by atoms with van der Waals surface area (Å²) in [6.45, 7) is 0. The second kappa shape index (κ2) is 5.14. The monoisotopic (exact) mass is 302 g/mol. The van der Waals surface area contributed by atoms with E-state index in [1.54, 1.807) is 0 Å². The Kier molecular flexibility index (Phi) is 3.73. The lowest BCUT2D eigenvalue weighted by molar-refractivity contribution is 0.0990. The topological polar surface area (TPSA) is 64.3 Å². The summed E-state index contributed by atoms with van der Waals surface area (Å²) in [5.41, 5.74) is 0. The van der Waals surface area contributed by atoms with Crippen molar-refractivity contribution in [2.45, 2.75) is 4.90 Å². The summed E-state index contributed by atoms with van der Waals surface area (Å²) in [7, 11) is -3.89. The third kappa shape index (κ3) is 3.02. The van der Waals surface area contributed by atoms with E-state index in [2.05, 4.69) is 0 Å². The van der Waals surface area contributed by atoms with Gasteiger partial charge in [-0.05, 0) is 30.3 Å². The van der Waals surface area contributed by atoms with E-state index in [-0.39, 0.29) is 15.7 Å². The lowest BCUT2D eigenvalue weighted by Gasteiger charge is -2.03. The van der Waals surface area contributed by atoms with Crippen molar-refractivity contribution in [2.24, 2.45) is 0 Å². The zero-order valence-electron chi connectivity index (χ0n) is 9.47.